The Morgan fingerprint density at radius 3 is 1.84 bits per heavy atom. The molecular formula is C48H50NO+. The fourth-order valence-electron chi connectivity index (χ4n) is 6.20. The molecule has 0 fully saturated rings. The molecule has 1 aromatic heterocycles. The van der Waals surface area contributed by atoms with E-state index in [1.165, 1.54) is 16.7 Å². The molecule has 0 N–H and O–H groups in total. The molecule has 0 amide bonds. The van der Waals surface area contributed by atoms with Crippen LogP contribution in [0, 0.1) is 5.92 Å². The standard InChI is InChI=1S/C48H50NO/c1-8-37(29-19-21-35(3)4)44-33-43(34-45(48(44)50-7)40-25-15-11-16-26-40)49-46(38(9-2)30-20-22-36(5)6)31-42(39-23-13-10-14-24-39)32-47(49)41-27-17-12-18-28-41/h8-21,23-34,36H,22H2,1-7H3/q+1/b29-19-,30-20-,37-8+,38-9+. The second kappa shape index (κ2) is 17.3. The van der Waals surface area contributed by atoms with E-state index >= 15 is 0 Å². The van der Waals surface area contributed by atoms with Crippen molar-refractivity contribution in [2.75, 3.05) is 7.11 Å². The van der Waals surface area contributed by atoms with Crippen LogP contribution in [0.4, 0.5) is 0 Å². The van der Waals surface area contributed by atoms with E-state index in [0.29, 0.717) is 5.92 Å². The molecule has 5 aromatic rings. The third-order valence-corrected chi connectivity index (χ3v) is 8.70. The maximum Gasteiger partial charge on any atom is 0.219 e. The van der Waals surface area contributed by atoms with E-state index < -0.39 is 0 Å². The quantitative estimate of drug-likeness (QED) is 0.0962. The number of hydrogen-bond acceptors (Lipinski definition) is 1. The lowest BCUT2D eigenvalue weighted by Crippen LogP contribution is -2.38. The zero-order valence-electron chi connectivity index (χ0n) is 30.7. The fraction of sp³-hybridized carbons (Fsp3) is 0.188. The van der Waals surface area contributed by atoms with Gasteiger partial charge in [-0.15, -0.1) is 0 Å². The van der Waals surface area contributed by atoms with E-state index in [4.69, 9.17) is 4.74 Å². The smallest absolute Gasteiger partial charge is 0.219 e. The van der Waals surface area contributed by atoms with Gasteiger partial charge in [-0.1, -0.05) is 141 Å². The van der Waals surface area contributed by atoms with Gasteiger partial charge in [-0.3, -0.25) is 0 Å². The third-order valence-electron chi connectivity index (χ3n) is 8.70. The third kappa shape index (κ3) is 8.57. The molecule has 0 saturated carbocycles. The summed E-state index contributed by atoms with van der Waals surface area (Å²) in [4.78, 5) is 0. The van der Waals surface area contributed by atoms with Crippen molar-refractivity contribution in [3.63, 3.8) is 0 Å². The van der Waals surface area contributed by atoms with Crippen LogP contribution in [0.5, 0.6) is 5.75 Å². The first-order chi connectivity index (χ1) is 24.3. The maximum atomic E-state index is 6.28. The summed E-state index contributed by atoms with van der Waals surface area (Å²) in [5.74, 6) is 1.42. The fourth-order valence-corrected chi connectivity index (χ4v) is 6.20. The van der Waals surface area contributed by atoms with Crippen molar-refractivity contribution in [1.29, 1.82) is 0 Å². The predicted molar refractivity (Wildman–Crippen MR) is 215 cm³/mol. The molecule has 0 saturated heterocycles. The van der Waals surface area contributed by atoms with Crippen LogP contribution >= 0.6 is 0 Å². The lowest BCUT2D eigenvalue weighted by molar-refractivity contribution is -0.586. The summed E-state index contributed by atoms with van der Waals surface area (Å²) in [6.07, 6.45) is 16.4. The van der Waals surface area contributed by atoms with Crippen LogP contribution < -0.4 is 9.30 Å². The van der Waals surface area contributed by atoms with E-state index in [-0.39, 0.29) is 0 Å². The summed E-state index contributed by atoms with van der Waals surface area (Å²) in [5.41, 5.74) is 13.4. The highest BCUT2D eigenvalue weighted by atomic mass is 16.5. The van der Waals surface area contributed by atoms with Gasteiger partial charge in [-0.2, -0.15) is 4.57 Å². The van der Waals surface area contributed by atoms with Gasteiger partial charge in [0.15, 0.2) is 0 Å². The van der Waals surface area contributed by atoms with Gasteiger partial charge in [-0.25, -0.2) is 0 Å². The normalized spacial score (nSPS) is 12.2. The predicted octanol–water partition coefficient (Wildman–Crippen LogP) is 12.9. The molecule has 0 unspecified atom stereocenters. The maximum absolute atomic E-state index is 6.28. The van der Waals surface area contributed by atoms with Crippen molar-refractivity contribution >= 4 is 11.1 Å². The summed E-state index contributed by atoms with van der Waals surface area (Å²) in [6.45, 7) is 13.0. The first kappa shape index (κ1) is 35.8. The molecule has 0 aliphatic carbocycles. The lowest BCUT2D eigenvalue weighted by atomic mass is 9.94. The Morgan fingerprint density at radius 2 is 1.28 bits per heavy atom. The Balaban J connectivity index is 1.94. The minimum absolute atomic E-state index is 0.572. The van der Waals surface area contributed by atoms with Crippen LogP contribution in [-0.4, -0.2) is 7.11 Å². The number of nitrogens with zero attached hydrogens (tertiary/aromatic N) is 1. The summed E-state index contributed by atoms with van der Waals surface area (Å²) in [5, 5.41) is 0. The summed E-state index contributed by atoms with van der Waals surface area (Å²) < 4.78 is 8.71. The highest BCUT2D eigenvalue weighted by Gasteiger charge is 2.28. The van der Waals surface area contributed by atoms with Crippen LogP contribution in [0.25, 0.3) is 50.3 Å². The van der Waals surface area contributed by atoms with Gasteiger partial charge in [0.05, 0.1) is 7.11 Å². The monoisotopic (exact) mass is 656 g/mol. The molecule has 5 rings (SSSR count). The number of rotatable bonds is 12. The van der Waals surface area contributed by atoms with Crippen molar-refractivity contribution in [1.82, 2.24) is 0 Å². The number of pyridine rings is 1. The van der Waals surface area contributed by atoms with Crippen LogP contribution in [0.1, 0.15) is 59.2 Å². The van der Waals surface area contributed by atoms with Gasteiger partial charge in [0.1, 0.15) is 5.75 Å². The molecule has 4 aromatic carbocycles. The van der Waals surface area contributed by atoms with Crippen LogP contribution in [0.15, 0.2) is 163 Å². The molecule has 50 heavy (non-hydrogen) atoms. The van der Waals surface area contributed by atoms with Crippen molar-refractivity contribution in [2.24, 2.45) is 5.92 Å². The molecular weight excluding hydrogens is 607 g/mol. The molecule has 2 nitrogen and oxygen atoms in total. The average molecular weight is 657 g/mol. The lowest BCUT2D eigenvalue weighted by Gasteiger charge is -2.18. The van der Waals surface area contributed by atoms with E-state index in [1.54, 1.807) is 7.11 Å². The first-order valence-corrected chi connectivity index (χ1v) is 17.6. The summed E-state index contributed by atoms with van der Waals surface area (Å²) in [6, 6.07) is 41.2. The summed E-state index contributed by atoms with van der Waals surface area (Å²) in [7, 11) is 1.78. The number of hydrogen-bond donors (Lipinski definition) is 0. The highest BCUT2D eigenvalue weighted by molar-refractivity contribution is 5.86. The second-order valence-corrected chi connectivity index (χ2v) is 13.1. The van der Waals surface area contributed by atoms with Gasteiger partial charge in [0, 0.05) is 46.5 Å². The Hall–Kier alpha value is -5.47. The second-order valence-electron chi connectivity index (χ2n) is 13.1. The van der Waals surface area contributed by atoms with E-state index in [2.05, 4.69) is 204 Å². The Morgan fingerprint density at radius 1 is 0.680 bits per heavy atom. The number of aromatic nitrogens is 1. The van der Waals surface area contributed by atoms with Gasteiger partial charge in [0.2, 0.25) is 17.1 Å². The van der Waals surface area contributed by atoms with Crippen molar-refractivity contribution < 1.29 is 9.30 Å². The van der Waals surface area contributed by atoms with E-state index in [1.807, 2.05) is 0 Å². The SMILES string of the molecule is C/C=C(\C=C/C=C(C)C)c1cc(-[n+]2c(C(/C=C\CC(C)C)=C/C)cc(-c3ccccc3)cc2-c2ccccc2)cc(-c2ccccc2)c1OC. The highest BCUT2D eigenvalue weighted by Crippen LogP contribution is 2.40. The minimum atomic E-state index is 0.572. The number of methoxy groups -OCH3 is 1. The minimum Gasteiger partial charge on any atom is -0.495 e. The molecule has 1 heterocycles. The van der Waals surface area contributed by atoms with Crippen LogP contribution in [0.2, 0.25) is 0 Å². The molecule has 0 spiro atoms. The van der Waals surface area contributed by atoms with E-state index in [9.17, 15) is 0 Å². The summed E-state index contributed by atoms with van der Waals surface area (Å²) >= 11 is 0. The number of allylic oxidation sites excluding steroid dienone is 10. The van der Waals surface area contributed by atoms with Crippen molar-refractivity contribution in [3.05, 3.63) is 175 Å². The largest absolute Gasteiger partial charge is 0.495 e. The zero-order valence-corrected chi connectivity index (χ0v) is 30.7. The average Bonchev–Trinajstić information content (AvgIpc) is 3.15. The Labute approximate surface area is 300 Å². The number of benzene rings is 4. The molecule has 0 aliphatic heterocycles. The van der Waals surface area contributed by atoms with Gasteiger partial charge >= 0.3 is 0 Å². The first-order valence-electron chi connectivity index (χ1n) is 17.6. The van der Waals surface area contributed by atoms with Crippen molar-refractivity contribution in [2.45, 2.75) is 48.0 Å². The zero-order chi connectivity index (χ0) is 35.5. The Kier molecular flexibility index (Phi) is 12.4. The van der Waals surface area contributed by atoms with Crippen LogP contribution in [-0.2, 0) is 0 Å². The van der Waals surface area contributed by atoms with Gasteiger partial charge < -0.3 is 4.74 Å². The molecule has 252 valence electrons. The van der Waals surface area contributed by atoms with Gasteiger partial charge in [-0.05, 0) is 74.4 Å². The molecule has 0 atom stereocenters. The Bertz CT molecular complexity index is 2040. The molecule has 2 heteroatoms. The van der Waals surface area contributed by atoms with Crippen molar-refractivity contribution in [3.8, 4) is 44.9 Å². The van der Waals surface area contributed by atoms with E-state index in [0.717, 1.165) is 62.6 Å². The molecule has 0 aliphatic rings. The van der Waals surface area contributed by atoms with Gasteiger partial charge in [0.25, 0.3) is 0 Å². The molecule has 0 bridgehead atoms. The van der Waals surface area contributed by atoms with Crippen LogP contribution in [0.3, 0.4) is 0 Å². The topological polar surface area (TPSA) is 13.1 Å². The number of ether oxygens (including phenoxy) is 1. The molecule has 0 radical (unpaired) electrons.